The highest BCUT2D eigenvalue weighted by Gasteiger charge is 2.26. The minimum Gasteiger partial charge on any atom is -0.360 e. The van der Waals surface area contributed by atoms with Gasteiger partial charge in [0.15, 0.2) is 5.65 Å². The van der Waals surface area contributed by atoms with E-state index in [2.05, 4.69) is 21.0 Å². The third kappa shape index (κ3) is 2.38. The molecular formula is C18H17N5O. The zero-order chi connectivity index (χ0) is 16.5. The maximum atomic E-state index is 12.1. The van der Waals surface area contributed by atoms with E-state index in [1.165, 1.54) is 5.56 Å². The van der Waals surface area contributed by atoms with E-state index < -0.39 is 0 Å². The Labute approximate surface area is 139 Å². The summed E-state index contributed by atoms with van der Waals surface area (Å²) in [6, 6.07) is 6.04. The number of rotatable bonds is 2. The molecule has 1 N–H and O–H groups in total. The fourth-order valence-electron chi connectivity index (χ4n) is 3.66. The lowest BCUT2D eigenvalue weighted by atomic mass is 9.88. The first-order valence-corrected chi connectivity index (χ1v) is 8.13. The number of aromatic nitrogens is 3. The third-order valence-corrected chi connectivity index (χ3v) is 4.77. The van der Waals surface area contributed by atoms with Gasteiger partial charge < -0.3 is 9.88 Å². The molecule has 0 spiro atoms. The van der Waals surface area contributed by atoms with Crippen LogP contribution in [0.2, 0.25) is 0 Å². The van der Waals surface area contributed by atoms with Gasteiger partial charge in [-0.3, -0.25) is 4.79 Å². The second-order valence-electron chi connectivity index (χ2n) is 6.18. The molecule has 0 bridgehead atoms. The number of aromatic amines is 1. The fourth-order valence-corrected chi connectivity index (χ4v) is 3.66. The minimum absolute atomic E-state index is 0.0447. The van der Waals surface area contributed by atoms with Gasteiger partial charge in [0.25, 0.3) is 0 Å². The van der Waals surface area contributed by atoms with E-state index in [9.17, 15) is 4.79 Å². The molecule has 1 amide bonds. The number of likely N-dealkylation sites (tertiary alicyclic amines) is 1. The Morgan fingerprint density at radius 2 is 2.33 bits per heavy atom. The van der Waals surface area contributed by atoms with Gasteiger partial charge in [0.1, 0.15) is 6.42 Å². The van der Waals surface area contributed by atoms with Crippen LogP contribution in [0.5, 0.6) is 0 Å². The Bertz CT molecular complexity index is 955. The second kappa shape index (κ2) is 5.93. The Kier molecular flexibility index (Phi) is 3.62. The molecule has 3 aromatic heterocycles. The molecule has 6 heteroatoms. The van der Waals surface area contributed by atoms with Crippen molar-refractivity contribution in [2.75, 3.05) is 13.1 Å². The molecule has 1 fully saturated rings. The van der Waals surface area contributed by atoms with Crippen LogP contribution in [-0.4, -0.2) is 38.8 Å². The lowest BCUT2D eigenvalue weighted by molar-refractivity contribution is -0.131. The monoisotopic (exact) mass is 319 g/mol. The Morgan fingerprint density at radius 3 is 3.21 bits per heavy atom. The standard InChI is InChI=1S/C18H17N5O/c19-6-3-16(24)23-9-1-2-12(11-23)13-4-7-20-15-10-22-18-14(17(13)15)5-8-21-18/h4-5,7-8,10,12,20H,1-3,9,11H2/t12-/m0/s1. The molecule has 4 heterocycles. The van der Waals surface area contributed by atoms with E-state index in [4.69, 9.17) is 5.26 Å². The van der Waals surface area contributed by atoms with Gasteiger partial charge in [-0.2, -0.15) is 5.26 Å². The number of carbonyl (C=O) groups is 1. The van der Waals surface area contributed by atoms with E-state index in [0.717, 1.165) is 41.3 Å². The van der Waals surface area contributed by atoms with E-state index in [1.807, 2.05) is 29.4 Å². The molecule has 120 valence electrons. The molecule has 0 radical (unpaired) electrons. The molecular weight excluding hydrogens is 302 g/mol. The summed E-state index contributed by atoms with van der Waals surface area (Å²) < 4.78 is 0. The number of H-pyrrole nitrogens is 1. The van der Waals surface area contributed by atoms with Gasteiger partial charge in [-0.25, -0.2) is 9.97 Å². The molecule has 1 aliphatic rings. The smallest absolute Gasteiger partial charge is 0.236 e. The largest absolute Gasteiger partial charge is 0.360 e. The zero-order valence-electron chi connectivity index (χ0n) is 13.2. The molecule has 24 heavy (non-hydrogen) atoms. The van der Waals surface area contributed by atoms with Crippen molar-refractivity contribution in [2.24, 2.45) is 0 Å². The number of nitrogens with one attached hydrogen (secondary N) is 1. The van der Waals surface area contributed by atoms with Gasteiger partial charge >= 0.3 is 0 Å². The van der Waals surface area contributed by atoms with Crippen LogP contribution in [0.25, 0.3) is 21.9 Å². The molecule has 1 atom stereocenters. The van der Waals surface area contributed by atoms with Crippen molar-refractivity contribution in [3.8, 4) is 6.07 Å². The summed E-state index contributed by atoms with van der Waals surface area (Å²) >= 11 is 0. The summed E-state index contributed by atoms with van der Waals surface area (Å²) in [6.45, 7) is 1.40. The molecule has 4 rings (SSSR count). The molecule has 6 nitrogen and oxygen atoms in total. The molecule has 0 aliphatic carbocycles. The van der Waals surface area contributed by atoms with Crippen molar-refractivity contribution in [3.63, 3.8) is 0 Å². The van der Waals surface area contributed by atoms with Crippen molar-refractivity contribution in [1.82, 2.24) is 19.9 Å². The average Bonchev–Trinajstić information content (AvgIpc) is 3.10. The van der Waals surface area contributed by atoms with E-state index >= 15 is 0 Å². The molecule has 3 aromatic rings. The zero-order valence-corrected chi connectivity index (χ0v) is 13.2. The van der Waals surface area contributed by atoms with Crippen LogP contribution < -0.4 is 0 Å². The van der Waals surface area contributed by atoms with Crippen molar-refractivity contribution < 1.29 is 4.79 Å². The molecule has 0 aromatic carbocycles. The van der Waals surface area contributed by atoms with Crippen molar-refractivity contribution in [1.29, 1.82) is 5.26 Å². The number of carbonyl (C=O) groups excluding carboxylic acids is 1. The highest BCUT2D eigenvalue weighted by Crippen LogP contribution is 2.34. The maximum absolute atomic E-state index is 12.1. The molecule has 1 aliphatic heterocycles. The average molecular weight is 319 g/mol. The number of hydrogen-bond donors (Lipinski definition) is 1. The van der Waals surface area contributed by atoms with E-state index in [1.54, 1.807) is 6.20 Å². The molecule has 0 saturated carbocycles. The predicted octanol–water partition coefficient (Wildman–Crippen LogP) is 2.73. The number of hydrogen-bond acceptors (Lipinski definition) is 4. The first kappa shape index (κ1) is 14.6. The SMILES string of the molecule is N#CCC(=O)N1CCC[C@H](c2cc[nH]c3cnc4nccc4c23)C1. The van der Waals surface area contributed by atoms with Crippen molar-refractivity contribution in [3.05, 3.63) is 36.3 Å². The summed E-state index contributed by atoms with van der Waals surface area (Å²) in [5, 5.41) is 11.0. The summed E-state index contributed by atoms with van der Waals surface area (Å²) in [6.07, 6.45) is 7.46. The summed E-state index contributed by atoms with van der Waals surface area (Å²) in [5.41, 5.74) is 2.95. The predicted molar refractivity (Wildman–Crippen MR) is 90.2 cm³/mol. The minimum atomic E-state index is -0.0733. The number of amides is 1. The normalized spacial score (nSPS) is 18.0. The van der Waals surface area contributed by atoms with Crippen LogP contribution in [0.15, 0.2) is 30.7 Å². The number of nitriles is 1. The Hall–Kier alpha value is -2.94. The molecule has 1 saturated heterocycles. The lowest BCUT2D eigenvalue weighted by Crippen LogP contribution is -2.38. The number of pyridine rings is 2. The van der Waals surface area contributed by atoms with Crippen LogP contribution in [0.1, 0.15) is 30.7 Å². The quantitative estimate of drug-likeness (QED) is 0.787. The van der Waals surface area contributed by atoms with Gasteiger partial charge in [0.05, 0.1) is 17.8 Å². The number of nitrogens with zero attached hydrogens (tertiary/aromatic N) is 4. The topological polar surface area (TPSA) is 85.7 Å². The Morgan fingerprint density at radius 1 is 1.42 bits per heavy atom. The van der Waals surface area contributed by atoms with Gasteiger partial charge in [0, 0.05) is 42.2 Å². The van der Waals surface area contributed by atoms with Crippen LogP contribution in [-0.2, 0) is 4.79 Å². The fraction of sp³-hybridized carbons (Fsp3) is 0.333. The summed E-state index contributed by atoms with van der Waals surface area (Å²) in [4.78, 5) is 25.8. The highest BCUT2D eigenvalue weighted by atomic mass is 16.2. The first-order chi connectivity index (χ1) is 11.8. The number of fused-ring (bicyclic) bond motifs is 3. The van der Waals surface area contributed by atoms with Crippen molar-refractivity contribution >= 4 is 27.8 Å². The van der Waals surface area contributed by atoms with Crippen LogP contribution >= 0.6 is 0 Å². The Balaban J connectivity index is 1.77. The van der Waals surface area contributed by atoms with Gasteiger partial charge in [-0.1, -0.05) is 0 Å². The van der Waals surface area contributed by atoms with Gasteiger partial charge in [-0.15, -0.1) is 0 Å². The van der Waals surface area contributed by atoms with Crippen LogP contribution in [0.4, 0.5) is 0 Å². The summed E-state index contributed by atoms with van der Waals surface area (Å²) in [5.74, 6) is 0.190. The van der Waals surface area contributed by atoms with Crippen LogP contribution in [0, 0.1) is 11.3 Å². The molecule has 0 unspecified atom stereocenters. The van der Waals surface area contributed by atoms with Gasteiger partial charge in [0.2, 0.25) is 5.91 Å². The van der Waals surface area contributed by atoms with Crippen LogP contribution in [0.3, 0.4) is 0 Å². The third-order valence-electron chi connectivity index (χ3n) is 4.77. The van der Waals surface area contributed by atoms with Crippen molar-refractivity contribution in [2.45, 2.75) is 25.2 Å². The van der Waals surface area contributed by atoms with Gasteiger partial charge in [-0.05, 0) is 30.5 Å². The number of piperidine rings is 1. The summed E-state index contributed by atoms with van der Waals surface area (Å²) in [7, 11) is 0. The maximum Gasteiger partial charge on any atom is 0.236 e. The second-order valence-corrected chi connectivity index (χ2v) is 6.18. The van der Waals surface area contributed by atoms with E-state index in [-0.39, 0.29) is 18.2 Å². The van der Waals surface area contributed by atoms with E-state index in [0.29, 0.717) is 6.54 Å². The highest BCUT2D eigenvalue weighted by molar-refractivity contribution is 6.05. The lowest BCUT2D eigenvalue weighted by Gasteiger charge is -2.33. The first-order valence-electron chi connectivity index (χ1n) is 8.13.